The van der Waals surface area contributed by atoms with Crippen molar-refractivity contribution < 1.29 is 13.2 Å². The van der Waals surface area contributed by atoms with Gasteiger partial charge in [-0.25, -0.2) is 8.42 Å². The number of nitrogens with zero attached hydrogens (tertiary/aromatic N) is 2. The van der Waals surface area contributed by atoms with Crippen molar-refractivity contribution in [1.82, 2.24) is 20.9 Å². The Morgan fingerprint density at radius 1 is 1.23 bits per heavy atom. The first-order valence-electron chi connectivity index (χ1n) is 10.5. The molecule has 0 aromatic heterocycles. The highest BCUT2D eigenvalue weighted by Crippen LogP contribution is 2.11. The molecule has 0 radical (unpaired) electrons. The monoisotopic (exact) mass is 565 g/mol. The average Bonchev–Trinajstić information content (AvgIpc) is 3.05. The van der Waals surface area contributed by atoms with E-state index in [-0.39, 0.29) is 53.9 Å². The molecule has 2 atom stereocenters. The van der Waals surface area contributed by atoms with E-state index in [9.17, 15) is 13.2 Å². The highest BCUT2D eigenvalue weighted by molar-refractivity contribution is 14.0. The van der Waals surface area contributed by atoms with Crippen molar-refractivity contribution in [3.05, 3.63) is 35.9 Å². The van der Waals surface area contributed by atoms with Crippen molar-refractivity contribution in [2.75, 3.05) is 38.7 Å². The van der Waals surface area contributed by atoms with E-state index in [1.807, 2.05) is 6.07 Å². The van der Waals surface area contributed by atoms with E-state index in [1.165, 1.54) is 5.56 Å². The minimum absolute atomic E-state index is 0. The van der Waals surface area contributed by atoms with Gasteiger partial charge in [-0.1, -0.05) is 30.3 Å². The number of carbonyl (C=O) groups excluding carboxylic acids is 1. The number of rotatable bonds is 10. The molecule has 31 heavy (non-hydrogen) atoms. The van der Waals surface area contributed by atoms with Gasteiger partial charge in [0.25, 0.3) is 0 Å². The lowest BCUT2D eigenvalue weighted by atomic mass is 10.1. The lowest BCUT2D eigenvalue weighted by molar-refractivity contribution is -0.121. The van der Waals surface area contributed by atoms with Crippen molar-refractivity contribution in [2.45, 2.75) is 44.8 Å². The van der Waals surface area contributed by atoms with Crippen LogP contribution < -0.4 is 16.0 Å². The van der Waals surface area contributed by atoms with Crippen LogP contribution in [0.2, 0.25) is 0 Å². The summed E-state index contributed by atoms with van der Waals surface area (Å²) in [5.74, 6) is 0.721. The number of amides is 1. The maximum absolute atomic E-state index is 12.0. The van der Waals surface area contributed by atoms with Gasteiger partial charge in [-0.3, -0.25) is 14.7 Å². The highest BCUT2D eigenvalue weighted by Gasteiger charge is 2.28. The Balaban J connectivity index is 0.00000480. The standard InChI is InChI=1S/C21H35N5O3S.HI/c1-17(26(3)15-18-7-5-4-6-8-18)9-12-23-21(22-2)24-13-10-20(27)25-19-11-14-30(28,29)16-19;/h4-8,17,19H,9-16H2,1-3H3,(H,25,27)(H2,22,23,24);1H. The summed E-state index contributed by atoms with van der Waals surface area (Å²) in [6.45, 7) is 4.32. The molecule has 1 aromatic carbocycles. The summed E-state index contributed by atoms with van der Waals surface area (Å²) < 4.78 is 22.9. The Morgan fingerprint density at radius 3 is 2.52 bits per heavy atom. The van der Waals surface area contributed by atoms with Crippen LogP contribution in [0.1, 0.15) is 31.7 Å². The summed E-state index contributed by atoms with van der Waals surface area (Å²) in [6, 6.07) is 10.6. The molecule has 3 N–H and O–H groups in total. The lowest BCUT2D eigenvalue weighted by Crippen LogP contribution is -2.42. The molecule has 0 aliphatic carbocycles. The zero-order chi connectivity index (χ0) is 22.0. The van der Waals surface area contributed by atoms with Crippen LogP contribution in [0.25, 0.3) is 0 Å². The zero-order valence-electron chi connectivity index (χ0n) is 18.6. The third-order valence-corrected chi connectivity index (χ3v) is 7.12. The number of halogens is 1. The van der Waals surface area contributed by atoms with Gasteiger partial charge in [-0.15, -0.1) is 24.0 Å². The number of hydrogen-bond acceptors (Lipinski definition) is 5. The van der Waals surface area contributed by atoms with E-state index in [4.69, 9.17) is 0 Å². The van der Waals surface area contributed by atoms with Gasteiger partial charge in [0.15, 0.2) is 15.8 Å². The number of hydrogen-bond donors (Lipinski definition) is 3. The summed E-state index contributed by atoms with van der Waals surface area (Å²) in [4.78, 5) is 18.5. The fourth-order valence-electron chi connectivity index (χ4n) is 3.37. The molecule has 1 heterocycles. The van der Waals surface area contributed by atoms with E-state index in [1.54, 1.807) is 7.05 Å². The topological polar surface area (TPSA) is 103 Å². The maximum Gasteiger partial charge on any atom is 0.222 e. The highest BCUT2D eigenvalue weighted by atomic mass is 127. The number of carbonyl (C=O) groups is 1. The molecule has 1 fully saturated rings. The molecule has 2 rings (SSSR count). The van der Waals surface area contributed by atoms with E-state index in [2.05, 4.69) is 64.1 Å². The molecular weight excluding hydrogens is 529 g/mol. The second-order valence-electron chi connectivity index (χ2n) is 7.88. The van der Waals surface area contributed by atoms with Gasteiger partial charge in [-0.2, -0.15) is 0 Å². The molecule has 10 heteroatoms. The van der Waals surface area contributed by atoms with E-state index in [0.29, 0.717) is 25.0 Å². The molecule has 1 aromatic rings. The van der Waals surface area contributed by atoms with Crippen LogP contribution in [0.15, 0.2) is 35.3 Å². The summed E-state index contributed by atoms with van der Waals surface area (Å²) in [5, 5.41) is 9.20. The summed E-state index contributed by atoms with van der Waals surface area (Å²) in [7, 11) is 0.839. The quantitative estimate of drug-likeness (QED) is 0.225. The zero-order valence-corrected chi connectivity index (χ0v) is 21.8. The van der Waals surface area contributed by atoms with Gasteiger partial charge in [0, 0.05) is 45.2 Å². The van der Waals surface area contributed by atoms with Crippen LogP contribution in [-0.2, 0) is 21.2 Å². The largest absolute Gasteiger partial charge is 0.356 e. The van der Waals surface area contributed by atoms with Gasteiger partial charge in [-0.05, 0) is 32.4 Å². The Bertz CT molecular complexity index is 804. The Morgan fingerprint density at radius 2 is 1.90 bits per heavy atom. The normalized spacial score (nSPS) is 18.8. The molecule has 1 aliphatic rings. The Hall–Kier alpha value is -1.40. The molecular formula is C21H36IN5O3S. The van der Waals surface area contributed by atoms with Crippen LogP contribution in [0.3, 0.4) is 0 Å². The van der Waals surface area contributed by atoms with Crippen LogP contribution in [0.4, 0.5) is 0 Å². The predicted octanol–water partition coefficient (Wildman–Crippen LogP) is 1.37. The Labute approximate surface area is 203 Å². The molecule has 0 saturated carbocycles. The van der Waals surface area contributed by atoms with Crippen molar-refractivity contribution in [1.29, 1.82) is 0 Å². The summed E-state index contributed by atoms with van der Waals surface area (Å²) >= 11 is 0. The molecule has 1 aliphatic heterocycles. The molecule has 1 amide bonds. The lowest BCUT2D eigenvalue weighted by Gasteiger charge is -2.25. The number of aliphatic imine (C=N–C) groups is 1. The van der Waals surface area contributed by atoms with Crippen LogP contribution >= 0.6 is 24.0 Å². The number of guanidine groups is 1. The minimum Gasteiger partial charge on any atom is -0.356 e. The van der Waals surface area contributed by atoms with Crippen molar-refractivity contribution >= 4 is 45.7 Å². The van der Waals surface area contributed by atoms with Crippen molar-refractivity contribution in [3.63, 3.8) is 0 Å². The molecule has 176 valence electrons. The van der Waals surface area contributed by atoms with E-state index < -0.39 is 9.84 Å². The fraction of sp³-hybridized carbons (Fsp3) is 0.619. The van der Waals surface area contributed by atoms with Crippen LogP contribution in [0, 0.1) is 0 Å². The third kappa shape index (κ3) is 10.6. The number of sulfone groups is 1. The first kappa shape index (κ1) is 27.6. The third-order valence-electron chi connectivity index (χ3n) is 5.35. The first-order valence-corrected chi connectivity index (χ1v) is 12.3. The first-order chi connectivity index (χ1) is 14.3. The van der Waals surface area contributed by atoms with Gasteiger partial charge < -0.3 is 16.0 Å². The number of benzene rings is 1. The number of nitrogens with one attached hydrogen (secondary N) is 3. The van der Waals surface area contributed by atoms with E-state index in [0.717, 1.165) is 19.5 Å². The predicted molar refractivity (Wildman–Crippen MR) is 137 cm³/mol. The fourth-order valence-corrected chi connectivity index (χ4v) is 5.04. The van der Waals surface area contributed by atoms with Crippen molar-refractivity contribution in [3.8, 4) is 0 Å². The molecule has 8 nitrogen and oxygen atoms in total. The second-order valence-corrected chi connectivity index (χ2v) is 10.1. The smallest absolute Gasteiger partial charge is 0.222 e. The summed E-state index contributed by atoms with van der Waals surface area (Å²) in [6.07, 6.45) is 1.73. The Kier molecular flexibility index (Phi) is 12.4. The van der Waals surface area contributed by atoms with Gasteiger partial charge in [0.1, 0.15) is 0 Å². The molecule has 0 spiro atoms. The average molecular weight is 566 g/mol. The van der Waals surface area contributed by atoms with Crippen LogP contribution in [-0.4, -0.2) is 76.0 Å². The van der Waals surface area contributed by atoms with Crippen molar-refractivity contribution in [2.24, 2.45) is 4.99 Å². The summed E-state index contributed by atoms with van der Waals surface area (Å²) in [5.41, 5.74) is 1.30. The minimum atomic E-state index is -2.98. The van der Waals surface area contributed by atoms with Gasteiger partial charge in [0.05, 0.1) is 11.5 Å². The molecule has 1 saturated heterocycles. The maximum atomic E-state index is 12.0. The van der Waals surface area contributed by atoms with E-state index >= 15 is 0 Å². The van der Waals surface area contributed by atoms with Gasteiger partial charge >= 0.3 is 0 Å². The second kappa shape index (κ2) is 13.9. The molecule has 0 bridgehead atoms. The van der Waals surface area contributed by atoms with Gasteiger partial charge in [0.2, 0.25) is 5.91 Å². The van der Waals surface area contributed by atoms with Crippen LogP contribution in [0.5, 0.6) is 0 Å². The SMILES string of the molecule is CN=C(NCCC(=O)NC1CCS(=O)(=O)C1)NCCC(C)N(C)Cc1ccccc1.I. The molecule has 2 unspecified atom stereocenters.